The highest BCUT2D eigenvalue weighted by Crippen LogP contribution is 1.92. The smallest absolute Gasteiger partial charge is 0.322 e. The highest BCUT2D eigenvalue weighted by Gasteiger charge is 2.14. The molecule has 0 aliphatic carbocycles. The summed E-state index contributed by atoms with van der Waals surface area (Å²) in [4.78, 5) is 13.2. The molecule has 13 heavy (non-hydrogen) atoms. The summed E-state index contributed by atoms with van der Waals surface area (Å²) in [6.45, 7) is 3.69. The van der Waals surface area contributed by atoms with Crippen LogP contribution in [0.15, 0.2) is 0 Å². The molecule has 0 saturated carbocycles. The molecule has 0 aliphatic rings. The minimum Gasteiger partial charge on any atom is -0.468 e. The van der Waals surface area contributed by atoms with Gasteiger partial charge in [0.1, 0.15) is 6.04 Å². The number of carbonyl (C=O) groups excluding carboxylic acids is 1. The van der Waals surface area contributed by atoms with Crippen LogP contribution in [0.3, 0.4) is 0 Å². The third-order valence-electron chi connectivity index (χ3n) is 1.84. The van der Waals surface area contributed by atoms with Gasteiger partial charge in [-0.2, -0.15) is 0 Å². The maximum Gasteiger partial charge on any atom is 0.322 e. The lowest BCUT2D eigenvalue weighted by Crippen LogP contribution is -2.40. The van der Waals surface area contributed by atoms with Crippen molar-refractivity contribution in [3.8, 4) is 0 Å². The minimum atomic E-state index is -0.179. The van der Waals surface area contributed by atoms with Crippen LogP contribution in [0.4, 0.5) is 0 Å². The molecule has 1 unspecified atom stereocenters. The Kier molecular flexibility index (Phi) is 6.54. The zero-order chi connectivity index (χ0) is 10.3. The Bertz CT molecular complexity index is 149. The molecule has 0 amide bonds. The molecule has 0 radical (unpaired) electrons. The van der Waals surface area contributed by atoms with Gasteiger partial charge in [0, 0.05) is 13.1 Å². The predicted molar refractivity (Wildman–Crippen MR) is 52.7 cm³/mol. The van der Waals surface area contributed by atoms with Crippen LogP contribution in [0.2, 0.25) is 0 Å². The fourth-order valence-electron chi connectivity index (χ4n) is 0.999. The molecular weight excluding hydrogens is 168 g/mol. The maximum atomic E-state index is 11.1. The number of likely N-dealkylation sites (N-methyl/N-ethyl adjacent to an activating group) is 1. The molecule has 0 bridgehead atoms. The van der Waals surface area contributed by atoms with E-state index in [4.69, 9.17) is 0 Å². The molecule has 0 aromatic carbocycles. The van der Waals surface area contributed by atoms with Gasteiger partial charge in [-0.3, -0.25) is 4.79 Å². The van der Waals surface area contributed by atoms with Gasteiger partial charge in [-0.1, -0.05) is 6.92 Å². The van der Waals surface area contributed by atoms with Gasteiger partial charge in [-0.15, -0.1) is 0 Å². The number of hydrogen-bond donors (Lipinski definition) is 1. The summed E-state index contributed by atoms with van der Waals surface area (Å²) < 4.78 is 4.65. The SMILES string of the molecule is CCC(NCCN(C)C)C(=O)OC. The van der Waals surface area contributed by atoms with Gasteiger partial charge in [-0.25, -0.2) is 0 Å². The average Bonchev–Trinajstić information content (AvgIpc) is 2.11. The van der Waals surface area contributed by atoms with E-state index in [2.05, 4.69) is 15.0 Å². The fraction of sp³-hybridized carbons (Fsp3) is 0.889. The largest absolute Gasteiger partial charge is 0.468 e. The van der Waals surface area contributed by atoms with E-state index in [1.54, 1.807) is 0 Å². The van der Waals surface area contributed by atoms with E-state index in [1.807, 2.05) is 21.0 Å². The molecule has 78 valence electrons. The molecule has 1 N–H and O–H groups in total. The molecule has 4 heteroatoms. The number of rotatable bonds is 6. The Morgan fingerprint density at radius 2 is 2.15 bits per heavy atom. The molecule has 0 aromatic heterocycles. The number of esters is 1. The van der Waals surface area contributed by atoms with E-state index in [1.165, 1.54) is 7.11 Å². The third-order valence-corrected chi connectivity index (χ3v) is 1.84. The Labute approximate surface area is 80.2 Å². The Morgan fingerprint density at radius 1 is 1.54 bits per heavy atom. The topological polar surface area (TPSA) is 41.6 Å². The maximum absolute atomic E-state index is 11.1. The number of hydrogen-bond acceptors (Lipinski definition) is 4. The first-order valence-corrected chi connectivity index (χ1v) is 4.57. The molecule has 0 saturated heterocycles. The number of nitrogens with one attached hydrogen (secondary N) is 1. The van der Waals surface area contributed by atoms with Crippen molar-refractivity contribution in [1.29, 1.82) is 0 Å². The predicted octanol–water partition coefficient (Wildman–Crippen LogP) is 0.0892. The van der Waals surface area contributed by atoms with Crippen molar-refractivity contribution >= 4 is 5.97 Å². The highest BCUT2D eigenvalue weighted by molar-refractivity contribution is 5.75. The van der Waals surface area contributed by atoms with Crippen LogP contribution in [0.5, 0.6) is 0 Å². The molecule has 0 aromatic rings. The zero-order valence-corrected chi connectivity index (χ0v) is 8.96. The molecule has 0 spiro atoms. The standard InChI is InChI=1S/C9H20N2O2/c1-5-8(9(12)13-4)10-6-7-11(2)3/h8,10H,5-7H2,1-4H3. The Balaban J connectivity index is 3.66. The zero-order valence-electron chi connectivity index (χ0n) is 8.96. The second-order valence-corrected chi connectivity index (χ2v) is 3.24. The third kappa shape index (κ3) is 5.60. The highest BCUT2D eigenvalue weighted by atomic mass is 16.5. The molecule has 4 nitrogen and oxygen atoms in total. The van der Waals surface area contributed by atoms with Crippen molar-refractivity contribution in [3.63, 3.8) is 0 Å². The first kappa shape index (κ1) is 12.4. The van der Waals surface area contributed by atoms with Crippen molar-refractivity contribution < 1.29 is 9.53 Å². The van der Waals surface area contributed by atoms with E-state index in [0.29, 0.717) is 0 Å². The second-order valence-electron chi connectivity index (χ2n) is 3.24. The first-order valence-electron chi connectivity index (χ1n) is 4.57. The van der Waals surface area contributed by atoms with Crippen LogP contribution in [0.25, 0.3) is 0 Å². The fourth-order valence-corrected chi connectivity index (χ4v) is 0.999. The molecule has 0 aliphatic heterocycles. The van der Waals surface area contributed by atoms with E-state index in [0.717, 1.165) is 19.5 Å². The van der Waals surface area contributed by atoms with Crippen LogP contribution < -0.4 is 5.32 Å². The lowest BCUT2D eigenvalue weighted by atomic mass is 10.2. The van der Waals surface area contributed by atoms with Crippen LogP contribution in [-0.2, 0) is 9.53 Å². The molecular formula is C9H20N2O2. The molecule has 0 fully saturated rings. The van der Waals surface area contributed by atoms with Gasteiger partial charge in [0.15, 0.2) is 0 Å². The number of carbonyl (C=O) groups is 1. The van der Waals surface area contributed by atoms with Gasteiger partial charge < -0.3 is 15.0 Å². The summed E-state index contributed by atoms with van der Waals surface area (Å²) in [6.07, 6.45) is 0.764. The quantitative estimate of drug-likeness (QED) is 0.600. The van der Waals surface area contributed by atoms with Gasteiger partial charge in [0.25, 0.3) is 0 Å². The van der Waals surface area contributed by atoms with Gasteiger partial charge in [0.05, 0.1) is 7.11 Å². The minimum absolute atomic E-state index is 0.162. The van der Waals surface area contributed by atoms with Crippen molar-refractivity contribution in [1.82, 2.24) is 10.2 Å². The monoisotopic (exact) mass is 188 g/mol. The Morgan fingerprint density at radius 3 is 2.54 bits per heavy atom. The summed E-state index contributed by atoms with van der Waals surface area (Å²) >= 11 is 0. The van der Waals surface area contributed by atoms with Crippen molar-refractivity contribution in [2.45, 2.75) is 19.4 Å². The van der Waals surface area contributed by atoms with Crippen LogP contribution in [0, 0.1) is 0 Å². The van der Waals surface area contributed by atoms with E-state index in [-0.39, 0.29) is 12.0 Å². The van der Waals surface area contributed by atoms with Crippen LogP contribution >= 0.6 is 0 Å². The average molecular weight is 188 g/mol. The van der Waals surface area contributed by atoms with Gasteiger partial charge >= 0.3 is 5.97 Å². The molecule has 0 rings (SSSR count). The number of methoxy groups -OCH3 is 1. The second kappa shape index (κ2) is 6.86. The summed E-state index contributed by atoms with van der Waals surface area (Å²) in [7, 11) is 5.42. The van der Waals surface area contributed by atoms with Crippen molar-refractivity contribution in [2.75, 3.05) is 34.3 Å². The lowest BCUT2D eigenvalue weighted by Gasteiger charge is -2.16. The van der Waals surface area contributed by atoms with Crippen molar-refractivity contribution in [3.05, 3.63) is 0 Å². The van der Waals surface area contributed by atoms with Crippen LogP contribution in [-0.4, -0.2) is 51.2 Å². The molecule has 1 atom stereocenters. The summed E-state index contributed by atoms with van der Waals surface area (Å²) in [5, 5.41) is 3.14. The summed E-state index contributed by atoms with van der Waals surface area (Å²) in [5.74, 6) is -0.179. The number of nitrogens with zero attached hydrogens (tertiary/aromatic N) is 1. The van der Waals surface area contributed by atoms with Gasteiger partial charge in [0.2, 0.25) is 0 Å². The summed E-state index contributed by atoms with van der Waals surface area (Å²) in [5.41, 5.74) is 0. The number of ether oxygens (including phenoxy) is 1. The normalized spacial score (nSPS) is 13.0. The van der Waals surface area contributed by atoms with Crippen LogP contribution in [0.1, 0.15) is 13.3 Å². The van der Waals surface area contributed by atoms with E-state index < -0.39 is 0 Å². The molecule has 0 heterocycles. The van der Waals surface area contributed by atoms with Gasteiger partial charge in [-0.05, 0) is 20.5 Å². The lowest BCUT2D eigenvalue weighted by molar-refractivity contribution is -0.143. The summed E-state index contributed by atoms with van der Waals surface area (Å²) in [6, 6.07) is -0.162. The van der Waals surface area contributed by atoms with Crippen molar-refractivity contribution in [2.24, 2.45) is 0 Å². The Hall–Kier alpha value is -0.610. The first-order chi connectivity index (χ1) is 6.11. The van der Waals surface area contributed by atoms with E-state index in [9.17, 15) is 4.79 Å². The van der Waals surface area contributed by atoms with E-state index >= 15 is 0 Å².